The van der Waals surface area contributed by atoms with Crippen LogP contribution in [-0.4, -0.2) is 50.0 Å². The molecule has 8 heteroatoms. The Morgan fingerprint density at radius 3 is 2.57 bits per heavy atom. The van der Waals surface area contributed by atoms with Gasteiger partial charge in [0.15, 0.2) is 17.3 Å². The van der Waals surface area contributed by atoms with E-state index in [9.17, 15) is 0 Å². The third-order valence-electron chi connectivity index (χ3n) is 5.74. The Morgan fingerprint density at radius 1 is 1.03 bits per heavy atom. The van der Waals surface area contributed by atoms with Crippen molar-refractivity contribution in [2.24, 2.45) is 0 Å². The van der Waals surface area contributed by atoms with Crippen LogP contribution in [0.2, 0.25) is 0 Å². The average molecular weight is 405 g/mol. The van der Waals surface area contributed by atoms with E-state index in [1.165, 1.54) is 11.3 Å². The maximum Gasteiger partial charge on any atom is 0.161 e. The van der Waals surface area contributed by atoms with Crippen LogP contribution in [0.4, 0.5) is 17.3 Å². The van der Waals surface area contributed by atoms with Gasteiger partial charge in [0, 0.05) is 36.2 Å². The maximum absolute atomic E-state index is 4.65. The van der Waals surface area contributed by atoms with Crippen LogP contribution in [0, 0.1) is 20.8 Å². The van der Waals surface area contributed by atoms with Crippen molar-refractivity contribution >= 4 is 33.9 Å². The van der Waals surface area contributed by atoms with Crippen molar-refractivity contribution in [2.45, 2.75) is 46.7 Å². The number of aromatic nitrogens is 5. The molecule has 1 aromatic carbocycles. The van der Waals surface area contributed by atoms with Crippen molar-refractivity contribution in [1.29, 1.82) is 0 Å². The molecule has 2 atom stereocenters. The van der Waals surface area contributed by atoms with E-state index < -0.39 is 0 Å². The highest BCUT2D eigenvalue weighted by Gasteiger charge is 2.22. The molecule has 1 saturated heterocycles. The normalized spacial score (nSPS) is 19.7. The molecule has 1 aliphatic rings. The summed E-state index contributed by atoms with van der Waals surface area (Å²) < 4.78 is 1.82. The lowest BCUT2D eigenvalue weighted by atomic mass is 10.1. The average Bonchev–Trinajstić information content (AvgIpc) is 3.24. The van der Waals surface area contributed by atoms with Crippen LogP contribution in [0.3, 0.4) is 0 Å². The molecule has 5 rings (SSSR count). The Morgan fingerprint density at radius 2 is 1.80 bits per heavy atom. The number of nitrogens with zero attached hydrogens (tertiary/aromatic N) is 5. The summed E-state index contributed by atoms with van der Waals surface area (Å²) in [5, 5.41) is 20.5. The number of H-pyrrole nitrogens is 1. The predicted molar refractivity (Wildman–Crippen MR) is 121 cm³/mol. The highest BCUT2D eigenvalue weighted by molar-refractivity contribution is 5.96. The molecule has 156 valence electrons. The minimum absolute atomic E-state index is 0.472. The number of benzene rings is 1. The molecule has 0 spiro atoms. The summed E-state index contributed by atoms with van der Waals surface area (Å²) in [7, 11) is 0. The van der Waals surface area contributed by atoms with Gasteiger partial charge in [0.05, 0.1) is 17.4 Å². The van der Waals surface area contributed by atoms with Crippen LogP contribution in [0.25, 0.3) is 16.6 Å². The minimum atomic E-state index is 0.472. The van der Waals surface area contributed by atoms with Crippen LogP contribution in [0.15, 0.2) is 24.4 Å². The zero-order valence-corrected chi connectivity index (χ0v) is 18.1. The molecule has 0 radical (unpaired) electrons. The van der Waals surface area contributed by atoms with Gasteiger partial charge in [-0.2, -0.15) is 5.10 Å². The van der Waals surface area contributed by atoms with E-state index in [4.69, 9.17) is 0 Å². The van der Waals surface area contributed by atoms with E-state index >= 15 is 0 Å². The monoisotopic (exact) mass is 404 g/mol. The summed E-state index contributed by atoms with van der Waals surface area (Å²) in [4.78, 5) is 6.97. The van der Waals surface area contributed by atoms with E-state index in [0.29, 0.717) is 12.1 Å². The highest BCUT2D eigenvalue weighted by Crippen LogP contribution is 2.31. The molecular weight excluding hydrogens is 376 g/mol. The molecule has 8 nitrogen and oxygen atoms in total. The number of aryl methyl sites for hydroxylation is 3. The smallest absolute Gasteiger partial charge is 0.161 e. The third kappa shape index (κ3) is 3.27. The molecule has 1 aliphatic heterocycles. The van der Waals surface area contributed by atoms with Crippen molar-refractivity contribution in [1.82, 2.24) is 30.1 Å². The van der Waals surface area contributed by atoms with Gasteiger partial charge in [-0.15, -0.1) is 5.10 Å². The number of hydrogen-bond acceptors (Lipinski definition) is 6. The van der Waals surface area contributed by atoms with Gasteiger partial charge >= 0.3 is 0 Å². The molecule has 3 aromatic heterocycles. The Bertz CT molecular complexity index is 1230. The largest absolute Gasteiger partial charge is 0.368 e. The van der Waals surface area contributed by atoms with Gasteiger partial charge in [0.25, 0.3) is 0 Å². The van der Waals surface area contributed by atoms with Crippen LogP contribution in [0.5, 0.6) is 0 Å². The number of anilines is 3. The lowest BCUT2D eigenvalue weighted by Crippen LogP contribution is -2.54. The van der Waals surface area contributed by atoms with Gasteiger partial charge in [-0.25, -0.2) is 9.50 Å². The van der Waals surface area contributed by atoms with Crippen LogP contribution >= 0.6 is 0 Å². The molecule has 3 N–H and O–H groups in total. The van der Waals surface area contributed by atoms with E-state index in [2.05, 4.69) is 68.7 Å². The topological polar surface area (TPSA) is 86.2 Å². The van der Waals surface area contributed by atoms with E-state index in [1.54, 1.807) is 0 Å². The van der Waals surface area contributed by atoms with Crippen LogP contribution < -0.4 is 15.5 Å². The Hall–Kier alpha value is -3.13. The van der Waals surface area contributed by atoms with Crippen molar-refractivity contribution in [3.8, 4) is 0 Å². The number of fused-ring (bicyclic) bond motifs is 2. The lowest BCUT2D eigenvalue weighted by molar-refractivity contribution is 0.407. The van der Waals surface area contributed by atoms with Crippen LogP contribution in [0.1, 0.15) is 30.7 Å². The quantitative estimate of drug-likeness (QED) is 0.485. The van der Waals surface area contributed by atoms with E-state index in [0.717, 1.165) is 52.5 Å². The van der Waals surface area contributed by atoms with Gasteiger partial charge in [-0.3, -0.25) is 5.10 Å². The molecule has 30 heavy (non-hydrogen) atoms. The first-order chi connectivity index (χ1) is 14.4. The van der Waals surface area contributed by atoms with Crippen molar-refractivity contribution in [2.75, 3.05) is 23.3 Å². The predicted octanol–water partition coefficient (Wildman–Crippen LogP) is 3.46. The Balaban J connectivity index is 1.49. The van der Waals surface area contributed by atoms with Gasteiger partial charge < -0.3 is 15.5 Å². The highest BCUT2D eigenvalue weighted by atomic mass is 15.3. The van der Waals surface area contributed by atoms with Gasteiger partial charge in [-0.1, -0.05) is 0 Å². The fourth-order valence-electron chi connectivity index (χ4n) is 4.58. The standard InChI is InChI=1S/C22H28N8/c1-12-6-17(29-9-14(3)23-15(4)10-29)8-18-20(12)21(27-26-18)25-19-7-13(2)22-24-16(5)11-30(22)28-19/h6-8,11,14-15,23H,9-10H2,1-5H3,(H2,25,26,27,28)/t14-,15-/m0/s1. The first-order valence-electron chi connectivity index (χ1n) is 10.5. The second kappa shape index (κ2) is 6.98. The maximum atomic E-state index is 4.65. The summed E-state index contributed by atoms with van der Waals surface area (Å²) in [6, 6.07) is 7.41. The summed E-state index contributed by atoms with van der Waals surface area (Å²) in [6.45, 7) is 12.6. The van der Waals surface area contributed by atoms with Crippen molar-refractivity contribution in [3.63, 3.8) is 0 Å². The fourth-order valence-corrected chi connectivity index (χ4v) is 4.58. The summed E-state index contributed by atoms with van der Waals surface area (Å²) in [5.74, 6) is 1.54. The molecule has 0 amide bonds. The molecule has 0 aliphatic carbocycles. The fraction of sp³-hybridized carbons (Fsp3) is 0.409. The van der Waals surface area contributed by atoms with Gasteiger partial charge in [-0.05, 0) is 63.9 Å². The second-order valence-corrected chi connectivity index (χ2v) is 8.62. The zero-order valence-electron chi connectivity index (χ0n) is 18.1. The molecule has 1 fully saturated rings. The molecule has 4 aromatic rings. The minimum Gasteiger partial charge on any atom is -0.368 e. The van der Waals surface area contributed by atoms with E-state index in [-0.39, 0.29) is 0 Å². The number of imidazole rings is 1. The SMILES string of the molecule is Cc1cn2nc(Nc3n[nH]c4cc(N5C[C@H](C)N[C@@H](C)C5)cc(C)c34)cc(C)c2n1. The van der Waals surface area contributed by atoms with E-state index in [1.807, 2.05) is 30.6 Å². The first-order valence-corrected chi connectivity index (χ1v) is 10.5. The van der Waals surface area contributed by atoms with Gasteiger partial charge in [0.1, 0.15) is 0 Å². The molecular formula is C22H28N8. The number of hydrogen-bond donors (Lipinski definition) is 3. The third-order valence-corrected chi connectivity index (χ3v) is 5.74. The van der Waals surface area contributed by atoms with Crippen molar-refractivity contribution < 1.29 is 0 Å². The molecule has 4 heterocycles. The second-order valence-electron chi connectivity index (χ2n) is 8.62. The van der Waals surface area contributed by atoms with Gasteiger partial charge in [0.2, 0.25) is 0 Å². The summed E-state index contributed by atoms with van der Waals surface area (Å²) in [6.07, 6.45) is 1.93. The number of nitrogens with one attached hydrogen (secondary N) is 3. The number of aromatic amines is 1. The summed E-state index contributed by atoms with van der Waals surface area (Å²) >= 11 is 0. The molecule has 0 unspecified atom stereocenters. The van der Waals surface area contributed by atoms with Crippen LogP contribution in [-0.2, 0) is 0 Å². The number of rotatable bonds is 3. The first kappa shape index (κ1) is 18.9. The molecule has 0 bridgehead atoms. The number of piperazine rings is 1. The zero-order chi connectivity index (χ0) is 21.0. The summed E-state index contributed by atoms with van der Waals surface area (Å²) in [5.41, 5.74) is 6.36. The lowest BCUT2D eigenvalue weighted by Gasteiger charge is -2.37. The Labute approximate surface area is 175 Å². The van der Waals surface area contributed by atoms with Crippen molar-refractivity contribution in [3.05, 3.63) is 41.2 Å². The Kier molecular flexibility index (Phi) is 4.39. The molecule has 0 saturated carbocycles.